The van der Waals surface area contributed by atoms with Gasteiger partial charge in [-0.2, -0.15) is 0 Å². The van der Waals surface area contributed by atoms with E-state index in [1.807, 2.05) is 4.90 Å². The summed E-state index contributed by atoms with van der Waals surface area (Å²) in [6.45, 7) is 4.87. The Morgan fingerprint density at radius 1 is 1.45 bits per heavy atom. The molecule has 0 atom stereocenters. The summed E-state index contributed by atoms with van der Waals surface area (Å²) in [6, 6.07) is 3.12. The number of amides is 2. The summed E-state index contributed by atoms with van der Waals surface area (Å²) < 4.78 is 0. The Labute approximate surface area is 117 Å². The molecule has 0 saturated heterocycles. The number of hydrogen-bond acceptors (Lipinski definition) is 3. The summed E-state index contributed by atoms with van der Waals surface area (Å²) >= 11 is 0. The van der Waals surface area contributed by atoms with Crippen LogP contribution in [0.15, 0.2) is 18.3 Å². The third-order valence-corrected chi connectivity index (χ3v) is 3.04. The molecule has 0 spiro atoms. The maximum absolute atomic E-state index is 12.2. The van der Waals surface area contributed by atoms with Gasteiger partial charge >= 0.3 is 12.0 Å². The van der Waals surface area contributed by atoms with Crippen LogP contribution in [0.1, 0.15) is 37.2 Å². The van der Waals surface area contributed by atoms with Crippen molar-refractivity contribution in [2.75, 3.05) is 11.9 Å². The van der Waals surface area contributed by atoms with Gasteiger partial charge in [-0.1, -0.05) is 13.8 Å². The molecule has 2 rings (SSSR count). The van der Waals surface area contributed by atoms with Gasteiger partial charge in [0.15, 0.2) is 0 Å². The van der Waals surface area contributed by atoms with Gasteiger partial charge in [0.05, 0.1) is 11.9 Å². The molecule has 0 bridgehead atoms. The zero-order valence-electron chi connectivity index (χ0n) is 11.7. The molecule has 0 aliphatic heterocycles. The van der Waals surface area contributed by atoms with Gasteiger partial charge < -0.3 is 15.3 Å². The minimum atomic E-state index is -1.08. The van der Waals surface area contributed by atoms with Gasteiger partial charge in [0.25, 0.3) is 0 Å². The number of aromatic carboxylic acids is 1. The molecule has 2 N–H and O–H groups in total. The van der Waals surface area contributed by atoms with Crippen molar-refractivity contribution in [1.82, 2.24) is 9.88 Å². The van der Waals surface area contributed by atoms with Gasteiger partial charge in [-0.15, -0.1) is 0 Å². The number of hydrogen-bond donors (Lipinski definition) is 2. The number of nitrogens with zero attached hydrogens (tertiary/aromatic N) is 2. The van der Waals surface area contributed by atoms with E-state index in [0.717, 1.165) is 19.4 Å². The molecule has 108 valence electrons. The lowest BCUT2D eigenvalue weighted by Gasteiger charge is -2.24. The highest BCUT2D eigenvalue weighted by molar-refractivity contribution is 5.90. The number of rotatable bonds is 5. The Morgan fingerprint density at radius 3 is 2.60 bits per heavy atom. The molecule has 0 radical (unpaired) electrons. The van der Waals surface area contributed by atoms with Gasteiger partial charge in [-0.25, -0.2) is 14.6 Å². The molecular formula is C14H19N3O3. The molecule has 1 aromatic rings. The summed E-state index contributed by atoms with van der Waals surface area (Å²) in [5.74, 6) is -0.670. The van der Waals surface area contributed by atoms with Crippen molar-refractivity contribution in [2.24, 2.45) is 5.92 Å². The number of carbonyl (C=O) groups excluding carboxylic acids is 1. The SMILES string of the molecule is CC(C)CN(C(=O)Nc1ccc(C(=O)O)nc1)C1CC1. The van der Waals surface area contributed by atoms with Crippen LogP contribution < -0.4 is 5.32 Å². The van der Waals surface area contributed by atoms with Crippen LogP contribution >= 0.6 is 0 Å². The van der Waals surface area contributed by atoms with Crippen LogP contribution in [0.2, 0.25) is 0 Å². The molecule has 1 saturated carbocycles. The van der Waals surface area contributed by atoms with Crippen LogP contribution in [0, 0.1) is 5.92 Å². The summed E-state index contributed by atoms with van der Waals surface area (Å²) in [5.41, 5.74) is 0.471. The van der Waals surface area contributed by atoms with E-state index in [0.29, 0.717) is 17.6 Å². The van der Waals surface area contributed by atoms with Crippen LogP contribution in [-0.2, 0) is 0 Å². The fourth-order valence-electron chi connectivity index (χ4n) is 1.97. The minimum Gasteiger partial charge on any atom is -0.477 e. The predicted octanol–water partition coefficient (Wildman–Crippen LogP) is 2.43. The number of anilines is 1. The first-order chi connectivity index (χ1) is 9.47. The summed E-state index contributed by atoms with van der Waals surface area (Å²) in [6.07, 6.45) is 3.47. The van der Waals surface area contributed by atoms with E-state index in [4.69, 9.17) is 5.11 Å². The first-order valence-electron chi connectivity index (χ1n) is 6.74. The number of urea groups is 1. The number of carbonyl (C=O) groups is 2. The highest BCUT2D eigenvalue weighted by Gasteiger charge is 2.32. The maximum atomic E-state index is 12.2. The molecule has 20 heavy (non-hydrogen) atoms. The van der Waals surface area contributed by atoms with Crippen LogP contribution in [0.4, 0.5) is 10.5 Å². The van der Waals surface area contributed by atoms with Crippen LogP contribution in [0.3, 0.4) is 0 Å². The largest absolute Gasteiger partial charge is 0.477 e. The van der Waals surface area contributed by atoms with Crippen molar-refractivity contribution >= 4 is 17.7 Å². The van der Waals surface area contributed by atoms with E-state index in [1.165, 1.54) is 12.3 Å². The predicted molar refractivity (Wildman–Crippen MR) is 74.8 cm³/mol. The van der Waals surface area contributed by atoms with Crippen LogP contribution in [0.5, 0.6) is 0 Å². The Morgan fingerprint density at radius 2 is 2.15 bits per heavy atom. The lowest BCUT2D eigenvalue weighted by molar-refractivity contribution is 0.0690. The molecule has 2 amide bonds. The fourth-order valence-corrected chi connectivity index (χ4v) is 1.97. The second-order valence-corrected chi connectivity index (χ2v) is 5.44. The third-order valence-electron chi connectivity index (χ3n) is 3.04. The highest BCUT2D eigenvalue weighted by Crippen LogP contribution is 2.28. The smallest absolute Gasteiger partial charge is 0.354 e. The number of aromatic nitrogens is 1. The van der Waals surface area contributed by atoms with Gasteiger partial charge in [0.2, 0.25) is 0 Å². The number of pyridine rings is 1. The standard InChI is InChI=1S/C14H19N3O3/c1-9(2)8-17(11-4-5-11)14(20)16-10-3-6-12(13(18)19)15-7-10/h3,6-7,9,11H,4-5,8H2,1-2H3,(H,16,20)(H,18,19). The van der Waals surface area contributed by atoms with Crippen molar-refractivity contribution < 1.29 is 14.7 Å². The molecule has 0 aromatic carbocycles. The first kappa shape index (κ1) is 14.3. The van der Waals surface area contributed by atoms with E-state index in [1.54, 1.807) is 6.07 Å². The van der Waals surface area contributed by atoms with Crippen molar-refractivity contribution in [2.45, 2.75) is 32.7 Å². The molecule has 6 nitrogen and oxygen atoms in total. The number of nitrogens with one attached hydrogen (secondary N) is 1. The molecule has 1 heterocycles. The van der Waals surface area contributed by atoms with Crippen LogP contribution in [-0.4, -0.2) is 39.6 Å². The van der Waals surface area contributed by atoms with Crippen molar-refractivity contribution in [1.29, 1.82) is 0 Å². The Balaban J connectivity index is 2.00. The Kier molecular flexibility index (Phi) is 4.22. The topological polar surface area (TPSA) is 82.5 Å². The fraction of sp³-hybridized carbons (Fsp3) is 0.500. The van der Waals surface area contributed by atoms with Gasteiger partial charge in [-0.05, 0) is 30.9 Å². The van der Waals surface area contributed by atoms with E-state index in [9.17, 15) is 9.59 Å². The van der Waals surface area contributed by atoms with Gasteiger partial charge in [0, 0.05) is 12.6 Å². The molecule has 6 heteroatoms. The average molecular weight is 277 g/mol. The summed E-state index contributed by atoms with van der Waals surface area (Å²) in [5, 5.41) is 11.5. The van der Waals surface area contributed by atoms with E-state index < -0.39 is 5.97 Å². The van der Waals surface area contributed by atoms with E-state index in [-0.39, 0.29) is 11.7 Å². The van der Waals surface area contributed by atoms with Gasteiger partial charge in [-0.3, -0.25) is 0 Å². The lowest BCUT2D eigenvalue weighted by Crippen LogP contribution is -2.39. The van der Waals surface area contributed by atoms with Crippen molar-refractivity contribution in [3.05, 3.63) is 24.0 Å². The Bertz CT molecular complexity index is 495. The Hall–Kier alpha value is -2.11. The second kappa shape index (κ2) is 5.90. The molecular weight excluding hydrogens is 258 g/mol. The van der Waals surface area contributed by atoms with Crippen molar-refractivity contribution in [3.8, 4) is 0 Å². The molecule has 1 aliphatic rings. The monoisotopic (exact) mass is 277 g/mol. The zero-order chi connectivity index (χ0) is 14.7. The lowest BCUT2D eigenvalue weighted by atomic mass is 10.2. The minimum absolute atomic E-state index is 0.0378. The molecule has 1 fully saturated rings. The quantitative estimate of drug-likeness (QED) is 0.866. The van der Waals surface area contributed by atoms with E-state index in [2.05, 4.69) is 24.1 Å². The maximum Gasteiger partial charge on any atom is 0.354 e. The number of carboxylic acids is 1. The first-order valence-corrected chi connectivity index (χ1v) is 6.74. The third kappa shape index (κ3) is 3.69. The summed E-state index contributed by atoms with van der Waals surface area (Å²) in [7, 11) is 0. The normalized spacial score (nSPS) is 14.2. The van der Waals surface area contributed by atoms with E-state index >= 15 is 0 Å². The zero-order valence-corrected chi connectivity index (χ0v) is 11.7. The van der Waals surface area contributed by atoms with Gasteiger partial charge in [0.1, 0.15) is 5.69 Å². The molecule has 0 unspecified atom stereocenters. The van der Waals surface area contributed by atoms with Crippen LogP contribution in [0.25, 0.3) is 0 Å². The van der Waals surface area contributed by atoms with Crippen molar-refractivity contribution in [3.63, 3.8) is 0 Å². The highest BCUT2D eigenvalue weighted by atomic mass is 16.4. The second-order valence-electron chi connectivity index (χ2n) is 5.44. The molecule has 1 aromatic heterocycles. The molecule has 1 aliphatic carbocycles. The average Bonchev–Trinajstić information content (AvgIpc) is 3.20. The summed E-state index contributed by atoms with van der Waals surface area (Å²) in [4.78, 5) is 28.5. The number of carboxylic acid groups (broad SMARTS) is 1.